The molecule has 0 N–H and O–H groups in total. The van der Waals surface area contributed by atoms with Gasteiger partial charge in [0.15, 0.2) is 0 Å². The molecular formula is C26H30ClN3OS. The van der Waals surface area contributed by atoms with Crippen LogP contribution >= 0.6 is 23.4 Å². The molecule has 1 saturated heterocycles. The van der Waals surface area contributed by atoms with E-state index in [0.717, 1.165) is 43.4 Å². The van der Waals surface area contributed by atoms with E-state index in [1.54, 1.807) is 11.8 Å². The number of amides is 1. The Balaban J connectivity index is 1.49. The largest absolute Gasteiger partial charge is 0.342 e. The molecule has 0 aliphatic carbocycles. The minimum absolute atomic E-state index is 0.120. The maximum atomic E-state index is 13.4. The Morgan fingerprint density at radius 2 is 1.53 bits per heavy atom. The summed E-state index contributed by atoms with van der Waals surface area (Å²) in [7, 11) is 0. The van der Waals surface area contributed by atoms with Gasteiger partial charge in [0.05, 0.1) is 6.04 Å². The third-order valence-electron chi connectivity index (χ3n) is 6.16. The van der Waals surface area contributed by atoms with Crippen LogP contribution in [0.3, 0.4) is 0 Å². The van der Waals surface area contributed by atoms with Crippen molar-refractivity contribution in [1.29, 1.82) is 0 Å². The Hall–Kier alpha value is -2.21. The topological polar surface area (TPSA) is 28.5 Å². The zero-order chi connectivity index (χ0) is 22.3. The van der Waals surface area contributed by atoms with E-state index in [-0.39, 0.29) is 18.0 Å². The molecule has 2 aromatic carbocycles. The summed E-state index contributed by atoms with van der Waals surface area (Å²) in [6.45, 7) is 3.17. The first-order valence-corrected chi connectivity index (χ1v) is 12.9. The maximum Gasteiger partial charge on any atom is 0.245 e. The fourth-order valence-electron chi connectivity index (χ4n) is 4.49. The average molecular weight is 468 g/mol. The third kappa shape index (κ3) is 5.40. The molecule has 32 heavy (non-hydrogen) atoms. The van der Waals surface area contributed by atoms with Crippen LogP contribution in [0.2, 0.25) is 5.02 Å². The van der Waals surface area contributed by atoms with Crippen molar-refractivity contribution in [2.24, 2.45) is 0 Å². The van der Waals surface area contributed by atoms with Gasteiger partial charge in [-0.15, -0.1) is 0 Å². The lowest BCUT2D eigenvalue weighted by atomic mass is 9.96. The van der Waals surface area contributed by atoms with Crippen molar-refractivity contribution >= 4 is 29.3 Å². The lowest BCUT2D eigenvalue weighted by molar-refractivity contribution is -0.136. The number of piperazine rings is 1. The first-order chi connectivity index (χ1) is 15.7. The second-order valence-corrected chi connectivity index (χ2v) is 9.58. The van der Waals surface area contributed by atoms with E-state index in [4.69, 9.17) is 11.6 Å². The highest BCUT2D eigenvalue weighted by molar-refractivity contribution is 7.98. The summed E-state index contributed by atoms with van der Waals surface area (Å²) in [5.41, 5.74) is 2.49. The molecule has 1 amide bonds. The Morgan fingerprint density at radius 3 is 2.16 bits per heavy atom. The van der Waals surface area contributed by atoms with Crippen molar-refractivity contribution in [3.63, 3.8) is 0 Å². The van der Waals surface area contributed by atoms with Crippen LogP contribution in [0.25, 0.3) is 0 Å². The minimum Gasteiger partial charge on any atom is -0.342 e. The monoisotopic (exact) mass is 467 g/mol. The molecule has 3 aromatic rings. The number of halogens is 1. The van der Waals surface area contributed by atoms with Crippen LogP contribution in [0.15, 0.2) is 79.1 Å². The summed E-state index contributed by atoms with van der Waals surface area (Å²) in [5.74, 6) is 1.21. The summed E-state index contributed by atoms with van der Waals surface area (Å²) in [5, 5.41) is 0.747. The van der Waals surface area contributed by atoms with Gasteiger partial charge in [0.2, 0.25) is 5.91 Å². The number of aromatic nitrogens is 1. The van der Waals surface area contributed by atoms with E-state index in [9.17, 15) is 4.79 Å². The maximum absolute atomic E-state index is 13.4. The van der Waals surface area contributed by atoms with Crippen molar-refractivity contribution in [2.75, 3.05) is 38.2 Å². The van der Waals surface area contributed by atoms with Gasteiger partial charge < -0.3 is 9.47 Å². The van der Waals surface area contributed by atoms with Gasteiger partial charge >= 0.3 is 0 Å². The molecule has 0 bridgehead atoms. The summed E-state index contributed by atoms with van der Waals surface area (Å²) in [6.07, 6.45) is 6.96. The predicted octanol–water partition coefficient (Wildman–Crippen LogP) is 5.37. The van der Waals surface area contributed by atoms with Gasteiger partial charge in [-0.3, -0.25) is 9.69 Å². The van der Waals surface area contributed by atoms with E-state index in [1.807, 2.05) is 41.6 Å². The van der Waals surface area contributed by atoms with Gasteiger partial charge in [-0.25, -0.2) is 0 Å². The molecule has 4 nitrogen and oxygen atoms in total. The van der Waals surface area contributed by atoms with Crippen LogP contribution in [0, 0.1) is 0 Å². The van der Waals surface area contributed by atoms with Crippen LogP contribution in [0.1, 0.15) is 29.6 Å². The highest BCUT2D eigenvalue weighted by atomic mass is 35.5. The van der Waals surface area contributed by atoms with Crippen molar-refractivity contribution in [2.45, 2.75) is 18.5 Å². The Labute approximate surface area is 200 Å². The van der Waals surface area contributed by atoms with Gasteiger partial charge in [0, 0.05) is 43.6 Å². The van der Waals surface area contributed by atoms with Gasteiger partial charge in [0.1, 0.15) is 6.04 Å². The molecule has 1 aliphatic rings. The number of rotatable bonds is 8. The minimum atomic E-state index is -0.120. The normalized spacial score (nSPS) is 16.6. The standard InChI is InChI=1S/C26H30ClN3OS/c1-32-20-13-24(28-14-5-6-15-28)26(31)30-18-16-29(17-19-30)25(21-7-3-2-4-8-21)22-9-11-23(27)12-10-22/h2-12,14-15,24-25H,13,16-20H2,1H3/t24-,25?/m1/s1. The fraction of sp³-hybridized carbons (Fsp3) is 0.346. The van der Waals surface area contributed by atoms with Crippen LogP contribution in [0.4, 0.5) is 0 Å². The Bertz CT molecular complexity index is 970. The number of nitrogens with zero attached hydrogens (tertiary/aromatic N) is 3. The molecule has 4 rings (SSSR count). The summed E-state index contributed by atoms with van der Waals surface area (Å²) < 4.78 is 2.06. The van der Waals surface area contributed by atoms with Crippen LogP contribution in [-0.2, 0) is 4.79 Å². The Kier molecular flexibility index (Phi) is 7.95. The van der Waals surface area contributed by atoms with Gasteiger partial charge in [-0.1, -0.05) is 54.1 Å². The highest BCUT2D eigenvalue weighted by Gasteiger charge is 2.31. The lowest BCUT2D eigenvalue weighted by Gasteiger charge is -2.41. The van der Waals surface area contributed by atoms with Gasteiger partial charge in [-0.2, -0.15) is 11.8 Å². The fourth-order valence-corrected chi connectivity index (χ4v) is 5.08. The molecule has 0 radical (unpaired) electrons. The summed E-state index contributed by atoms with van der Waals surface area (Å²) in [4.78, 5) is 17.9. The Morgan fingerprint density at radius 1 is 0.906 bits per heavy atom. The second kappa shape index (κ2) is 11.1. The van der Waals surface area contributed by atoms with E-state index >= 15 is 0 Å². The van der Waals surface area contributed by atoms with Crippen LogP contribution in [0.5, 0.6) is 0 Å². The molecule has 0 spiro atoms. The first-order valence-electron chi connectivity index (χ1n) is 11.1. The zero-order valence-corrected chi connectivity index (χ0v) is 20.0. The molecule has 2 atom stereocenters. The van der Waals surface area contributed by atoms with Crippen LogP contribution in [-0.4, -0.2) is 58.5 Å². The lowest BCUT2D eigenvalue weighted by Crippen LogP contribution is -2.51. The molecule has 1 fully saturated rings. The number of carbonyl (C=O) groups is 1. The summed E-state index contributed by atoms with van der Waals surface area (Å²) in [6, 6.07) is 22.8. The number of carbonyl (C=O) groups excluding carboxylic acids is 1. The number of benzene rings is 2. The molecule has 1 aromatic heterocycles. The smallest absolute Gasteiger partial charge is 0.245 e. The first kappa shape index (κ1) is 23.0. The molecule has 1 unspecified atom stereocenters. The van der Waals surface area contributed by atoms with Gasteiger partial charge in [-0.05, 0) is 53.8 Å². The van der Waals surface area contributed by atoms with Crippen molar-refractivity contribution < 1.29 is 4.79 Å². The van der Waals surface area contributed by atoms with E-state index in [2.05, 4.69) is 58.2 Å². The zero-order valence-electron chi connectivity index (χ0n) is 18.4. The third-order valence-corrected chi connectivity index (χ3v) is 7.06. The van der Waals surface area contributed by atoms with E-state index in [0.29, 0.717) is 0 Å². The van der Waals surface area contributed by atoms with Crippen LogP contribution < -0.4 is 0 Å². The molecule has 0 saturated carbocycles. The molecular weight excluding hydrogens is 438 g/mol. The van der Waals surface area contributed by atoms with Crippen molar-refractivity contribution in [3.05, 3.63) is 95.3 Å². The molecule has 1 aliphatic heterocycles. The molecule has 6 heteroatoms. The summed E-state index contributed by atoms with van der Waals surface area (Å²) >= 11 is 7.94. The number of hydrogen-bond donors (Lipinski definition) is 0. The predicted molar refractivity (Wildman–Crippen MR) is 134 cm³/mol. The van der Waals surface area contributed by atoms with Crippen molar-refractivity contribution in [1.82, 2.24) is 14.4 Å². The van der Waals surface area contributed by atoms with Crippen molar-refractivity contribution in [3.8, 4) is 0 Å². The number of thioether (sulfide) groups is 1. The van der Waals surface area contributed by atoms with Gasteiger partial charge in [0.25, 0.3) is 0 Å². The quantitative estimate of drug-likeness (QED) is 0.446. The average Bonchev–Trinajstić information content (AvgIpc) is 3.36. The number of hydrogen-bond acceptors (Lipinski definition) is 3. The molecule has 168 valence electrons. The highest BCUT2D eigenvalue weighted by Crippen LogP contribution is 2.31. The second-order valence-electron chi connectivity index (χ2n) is 8.15. The molecule has 2 heterocycles. The SMILES string of the molecule is CSCC[C@H](C(=O)N1CCN(C(c2ccccc2)c2ccc(Cl)cc2)CC1)n1cccc1. The van der Waals surface area contributed by atoms with E-state index < -0.39 is 0 Å². The van der Waals surface area contributed by atoms with E-state index in [1.165, 1.54) is 11.1 Å².